The van der Waals surface area contributed by atoms with Crippen LogP contribution in [0.1, 0.15) is 78.4 Å². The number of rotatable bonds is 17. The standard InChI is InChI=1S/C43H58N6O9/c1-42(2,3)57-31-19-16-27(17-20-31)24-33(48-41(56)58-43(4,5)6)38(53)46-32(13-9-21-44)37(52)47-34(25-28-15-18-29-11-7-8-12-30(29)23-28)40(55)49-22-10-14-35(49)39(54)45-26-36(50)51/h7-8,11-12,15-20,23,32-35H,9-10,13-14,21-22,24-26,44H2,1-6H3,(H,45,54)(H,46,53)(H,47,52)(H,48,56)(H,50,51)/t32-,33+,34+,35-/m1/s1. The number of aliphatic carboxylic acids is 1. The molecule has 1 aliphatic rings. The lowest BCUT2D eigenvalue weighted by atomic mass is 9.99. The molecule has 3 aromatic rings. The molecule has 1 heterocycles. The third kappa shape index (κ3) is 14.0. The fourth-order valence-electron chi connectivity index (χ4n) is 6.66. The minimum atomic E-state index is -1.22. The highest BCUT2D eigenvalue weighted by atomic mass is 16.6. The summed E-state index contributed by atoms with van der Waals surface area (Å²) in [5.74, 6) is -3.04. The van der Waals surface area contributed by atoms with Crippen LogP contribution < -0.4 is 31.7 Å². The first kappa shape index (κ1) is 45.0. The van der Waals surface area contributed by atoms with E-state index in [4.69, 9.17) is 20.3 Å². The summed E-state index contributed by atoms with van der Waals surface area (Å²) in [6.45, 7) is 10.7. The maximum absolute atomic E-state index is 14.3. The average Bonchev–Trinajstić information content (AvgIpc) is 3.64. The SMILES string of the molecule is CC(C)(C)OC(=O)N[C@@H](Cc1ccc(OC(C)(C)C)cc1)C(=O)N[C@H](CCCN)C(=O)N[C@@H](Cc1ccc2ccccc2c1)C(=O)N1CCC[C@@H]1C(=O)NCC(=O)O. The molecule has 1 aliphatic heterocycles. The number of fused-ring (bicyclic) bond motifs is 1. The van der Waals surface area contributed by atoms with Gasteiger partial charge in [0, 0.05) is 19.4 Å². The number of carbonyl (C=O) groups excluding carboxylic acids is 5. The summed E-state index contributed by atoms with van der Waals surface area (Å²) in [7, 11) is 0. The van der Waals surface area contributed by atoms with Crippen molar-refractivity contribution >= 4 is 46.5 Å². The number of carboxylic acid groups (broad SMARTS) is 1. The van der Waals surface area contributed by atoms with Crippen LogP contribution in [-0.4, -0.2) is 101 Å². The second-order valence-corrected chi connectivity index (χ2v) is 16.5. The number of benzene rings is 3. The molecule has 0 aliphatic carbocycles. The molecule has 3 aromatic carbocycles. The molecule has 15 nitrogen and oxygen atoms in total. The van der Waals surface area contributed by atoms with Crippen molar-refractivity contribution in [1.82, 2.24) is 26.2 Å². The minimum Gasteiger partial charge on any atom is -0.488 e. The van der Waals surface area contributed by atoms with Crippen LogP contribution >= 0.6 is 0 Å². The second kappa shape index (κ2) is 20.1. The number of nitrogens with zero attached hydrogens (tertiary/aromatic N) is 1. The van der Waals surface area contributed by atoms with Gasteiger partial charge in [0.15, 0.2) is 0 Å². The van der Waals surface area contributed by atoms with Crippen molar-refractivity contribution < 1.29 is 43.3 Å². The highest BCUT2D eigenvalue weighted by Crippen LogP contribution is 2.23. The van der Waals surface area contributed by atoms with Gasteiger partial charge < -0.3 is 46.5 Å². The molecule has 5 amide bonds. The number of alkyl carbamates (subject to hydrolysis) is 1. The number of amides is 5. The highest BCUT2D eigenvalue weighted by Gasteiger charge is 2.39. The van der Waals surface area contributed by atoms with Crippen LogP contribution in [-0.2, 0) is 41.6 Å². The molecule has 0 radical (unpaired) electrons. The Morgan fingerprint density at radius 1 is 0.793 bits per heavy atom. The van der Waals surface area contributed by atoms with Crippen LogP contribution in [0, 0.1) is 0 Å². The molecule has 0 unspecified atom stereocenters. The van der Waals surface area contributed by atoms with E-state index in [1.54, 1.807) is 45.0 Å². The van der Waals surface area contributed by atoms with E-state index in [0.29, 0.717) is 30.6 Å². The third-order valence-corrected chi connectivity index (χ3v) is 9.25. The lowest BCUT2D eigenvalue weighted by Crippen LogP contribution is -2.59. The Labute approximate surface area is 339 Å². The van der Waals surface area contributed by atoms with E-state index in [9.17, 15) is 28.8 Å². The molecule has 0 bridgehead atoms. The molecule has 0 spiro atoms. The molecule has 15 heteroatoms. The van der Waals surface area contributed by atoms with Crippen LogP contribution in [0.15, 0.2) is 66.7 Å². The summed E-state index contributed by atoms with van der Waals surface area (Å²) in [5.41, 5.74) is 6.02. The van der Waals surface area contributed by atoms with Gasteiger partial charge in [-0.2, -0.15) is 0 Å². The first-order chi connectivity index (χ1) is 27.3. The van der Waals surface area contributed by atoms with E-state index >= 15 is 0 Å². The molecule has 1 fully saturated rings. The van der Waals surface area contributed by atoms with Crippen molar-refractivity contribution in [3.63, 3.8) is 0 Å². The molecule has 4 atom stereocenters. The summed E-state index contributed by atoms with van der Waals surface area (Å²) in [5, 5.41) is 21.7. The van der Waals surface area contributed by atoms with Crippen LogP contribution in [0.3, 0.4) is 0 Å². The number of carboxylic acids is 1. The van der Waals surface area contributed by atoms with Gasteiger partial charge >= 0.3 is 12.1 Å². The van der Waals surface area contributed by atoms with Crippen LogP contribution in [0.4, 0.5) is 4.79 Å². The number of likely N-dealkylation sites (tertiary alicyclic amines) is 1. The number of nitrogens with two attached hydrogens (primary N) is 1. The van der Waals surface area contributed by atoms with Gasteiger partial charge in [-0.15, -0.1) is 0 Å². The topological polar surface area (TPSA) is 218 Å². The lowest BCUT2D eigenvalue weighted by molar-refractivity contribution is -0.143. The average molecular weight is 803 g/mol. The van der Waals surface area contributed by atoms with Crippen LogP contribution in [0.5, 0.6) is 5.75 Å². The Morgan fingerprint density at radius 3 is 2.05 bits per heavy atom. The van der Waals surface area contributed by atoms with E-state index in [1.165, 1.54) is 4.90 Å². The monoisotopic (exact) mass is 802 g/mol. The molecule has 58 heavy (non-hydrogen) atoms. The highest BCUT2D eigenvalue weighted by molar-refractivity contribution is 5.96. The number of carbonyl (C=O) groups is 6. The maximum Gasteiger partial charge on any atom is 0.408 e. The first-order valence-electron chi connectivity index (χ1n) is 19.7. The van der Waals surface area contributed by atoms with Gasteiger partial charge in [0.2, 0.25) is 23.6 Å². The fourth-order valence-corrected chi connectivity index (χ4v) is 6.66. The van der Waals surface area contributed by atoms with Gasteiger partial charge in [0.25, 0.3) is 0 Å². The zero-order valence-corrected chi connectivity index (χ0v) is 34.3. The Balaban J connectivity index is 1.61. The Bertz CT molecular complexity index is 1920. The smallest absolute Gasteiger partial charge is 0.408 e. The van der Waals surface area contributed by atoms with E-state index in [-0.39, 0.29) is 32.4 Å². The van der Waals surface area contributed by atoms with Gasteiger partial charge in [-0.05, 0) is 108 Å². The molecule has 1 saturated heterocycles. The summed E-state index contributed by atoms with van der Waals surface area (Å²) >= 11 is 0. The van der Waals surface area contributed by atoms with Crippen molar-refractivity contribution in [1.29, 1.82) is 0 Å². The maximum atomic E-state index is 14.3. The Morgan fingerprint density at radius 2 is 1.41 bits per heavy atom. The Kier molecular flexibility index (Phi) is 15.6. The number of hydrogen-bond acceptors (Lipinski definition) is 9. The number of hydrogen-bond donors (Lipinski definition) is 6. The van der Waals surface area contributed by atoms with Crippen molar-refractivity contribution in [3.05, 3.63) is 77.9 Å². The van der Waals surface area contributed by atoms with E-state index < -0.39 is 77.6 Å². The Hall–Kier alpha value is -5.70. The van der Waals surface area contributed by atoms with E-state index in [1.807, 2.05) is 63.2 Å². The number of nitrogens with one attached hydrogen (secondary N) is 4. The summed E-state index contributed by atoms with van der Waals surface area (Å²) in [4.78, 5) is 81.2. The minimum absolute atomic E-state index is 0.0511. The summed E-state index contributed by atoms with van der Waals surface area (Å²) in [6, 6.07) is 16.1. The molecule has 4 rings (SSSR count). The summed E-state index contributed by atoms with van der Waals surface area (Å²) < 4.78 is 11.4. The van der Waals surface area contributed by atoms with Crippen molar-refractivity contribution in [2.24, 2.45) is 5.73 Å². The molecular weight excluding hydrogens is 745 g/mol. The van der Waals surface area contributed by atoms with E-state index in [2.05, 4.69) is 21.3 Å². The molecular formula is C43H58N6O9. The second-order valence-electron chi connectivity index (χ2n) is 16.5. The van der Waals surface area contributed by atoms with Crippen molar-refractivity contribution in [2.45, 2.75) is 115 Å². The van der Waals surface area contributed by atoms with Gasteiger partial charge in [-0.1, -0.05) is 54.6 Å². The van der Waals surface area contributed by atoms with E-state index in [0.717, 1.165) is 16.3 Å². The molecule has 7 N–H and O–H groups in total. The summed E-state index contributed by atoms with van der Waals surface area (Å²) in [6.07, 6.45) is 0.575. The van der Waals surface area contributed by atoms with Crippen LogP contribution in [0.2, 0.25) is 0 Å². The predicted molar refractivity (Wildman–Crippen MR) is 219 cm³/mol. The van der Waals surface area contributed by atoms with Gasteiger partial charge in [-0.25, -0.2) is 4.79 Å². The normalized spacial score (nSPS) is 15.8. The third-order valence-electron chi connectivity index (χ3n) is 9.25. The zero-order chi connectivity index (χ0) is 42.6. The zero-order valence-electron chi connectivity index (χ0n) is 34.3. The van der Waals surface area contributed by atoms with Gasteiger partial charge in [0.1, 0.15) is 47.7 Å². The molecule has 314 valence electrons. The molecule has 0 aromatic heterocycles. The van der Waals surface area contributed by atoms with Crippen LogP contribution in [0.25, 0.3) is 10.8 Å². The first-order valence-corrected chi connectivity index (χ1v) is 19.7. The quantitative estimate of drug-likeness (QED) is 0.117. The van der Waals surface area contributed by atoms with Gasteiger partial charge in [-0.3, -0.25) is 24.0 Å². The van der Waals surface area contributed by atoms with Gasteiger partial charge in [0.05, 0.1) is 0 Å². The fraction of sp³-hybridized carbons (Fsp3) is 0.488. The number of ether oxygens (including phenoxy) is 2. The lowest BCUT2D eigenvalue weighted by Gasteiger charge is -2.30. The largest absolute Gasteiger partial charge is 0.488 e. The predicted octanol–water partition coefficient (Wildman–Crippen LogP) is 3.60. The molecule has 0 saturated carbocycles. The van der Waals surface area contributed by atoms with Crippen molar-refractivity contribution in [3.8, 4) is 5.75 Å². The van der Waals surface area contributed by atoms with Crippen molar-refractivity contribution in [2.75, 3.05) is 19.6 Å².